The smallest absolute Gasteiger partial charge is 0.233 e. The summed E-state index contributed by atoms with van der Waals surface area (Å²) < 4.78 is 0.899. The van der Waals surface area contributed by atoms with Crippen molar-refractivity contribution in [2.75, 3.05) is 0 Å². The van der Waals surface area contributed by atoms with Gasteiger partial charge in [-0.1, -0.05) is 28.1 Å². The standard InChI is InChI=1S/C11H10BrNO3/c12-7-3-1-6(2-4-7)10(15)8-5-9(14)13-11(8)16/h1-4,8,10,15H,5H2,(H,13,14,16)/t8-,10+/m1/s1. The first-order valence-electron chi connectivity index (χ1n) is 4.85. The molecule has 1 heterocycles. The van der Waals surface area contributed by atoms with Crippen LogP contribution in [0.5, 0.6) is 0 Å². The van der Waals surface area contributed by atoms with Crippen LogP contribution in [-0.4, -0.2) is 16.9 Å². The van der Waals surface area contributed by atoms with E-state index >= 15 is 0 Å². The van der Waals surface area contributed by atoms with Crippen molar-refractivity contribution < 1.29 is 14.7 Å². The second-order valence-electron chi connectivity index (χ2n) is 3.72. The fraction of sp³-hybridized carbons (Fsp3) is 0.273. The van der Waals surface area contributed by atoms with Crippen molar-refractivity contribution in [3.63, 3.8) is 0 Å². The molecule has 16 heavy (non-hydrogen) atoms. The van der Waals surface area contributed by atoms with Crippen LogP contribution in [0.3, 0.4) is 0 Å². The summed E-state index contributed by atoms with van der Waals surface area (Å²) in [5.74, 6) is -1.40. The predicted octanol–water partition coefficient (Wildman–Crippen LogP) is 1.15. The van der Waals surface area contributed by atoms with Gasteiger partial charge < -0.3 is 5.11 Å². The van der Waals surface area contributed by atoms with Crippen LogP contribution in [0.1, 0.15) is 18.1 Å². The molecule has 84 valence electrons. The molecular weight excluding hydrogens is 274 g/mol. The highest BCUT2D eigenvalue weighted by atomic mass is 79.9. The number of amides is 2. The Morgan fingerprint density at radius 2 is 1.94 bits per heavy atom. The molecule has 0 aliphatic carbocycles. The van der Waals surface area contributed by atoms with E-state index in [1.165, 1.54) is 0 Å². The number of hydrogen-bond donors (Lipinski definition) is 2. The SMILES string of the molecule is O=C1C[C@H]([C@@H](O)c2ccc(Br)cc2)C(=O)N1. The molecule has 0 spiro atoms. The molecule has 1 aromatic rings. The van der Waals surface area contributed by atoms with Gasteiger partial charge in [-0.25, -0.2) is 0 Å². The molecule has 2 atom stereocenters. The van der Waals surface area contributed by atoms with Gasteiger partial charge in [0.25, 0.3) is 0 Å². The van der Waals surface area contributed by atoms with Gasteiger partial charge in [-0.2, -0.15) is 0 Å². The lowest BCUT2D eigenvalue weighted by Crippen LogP contribution is -2.25. The van der Waals surface area contributed by atoms with Crippen LogP contribution in [0.2, 0.25) is 0 Å². The van der Waals surface area contributed by atoms with E-state index in [4.69, 9.17) is 0 Å². The molecule has 0 saturated carbocycles. The van der Waals surface area contributed by atoms with Crippen molar-refractivity contribution in [1.29, 1.82) is 0 Å². The molecule has 1 aliphatic rings. The molecule has 2 amide bonds. The summed E-state index contributed by atoms with van der Waals surface area (Å²) in [4.78, 5) is 22.4. The minimum Gasteiger partial charge on any atom is -0.388 e. The Balaban J connectivity index is 2.19. The van der Waals surface area contributed by atoms with Crippen molar-refractivity contribution in [2.45, 2.75) is 12.5 Å². The van der Waals surface area contributed by atoms with Gasteiger partial charge in [-0.3, -0.25) is 14.9 Å². The molecule has 2 N–H and O–H groups in total. The first-order chi connectivity index (χ1) is 7.58. The second-order valence-corrected chi connectivity index (χ2v) is 4.64. The Labute approximate surface area is 101 Å². The number of aliphatic hydroxyl groups excluding tert-OH is 1. The third-order valence-corrected chi connectivity index (χ3v) is 3.13. The topological polar surface area (TPSA) is 66.4 Å². The maximum atomic E-state index is 11.4. The number of carbonyl (C=O) groups is 2. The fourth-order valence-electron chi connectivity index (χ4n) is 1.72. The molecule has 1 aliphatic heterocycles. The van der Waals surface area contributed by atoms with Crippen molar-refractivity contribution in [3.05, 3.63) is 34.3 Å². The summed E-state index contributed by atoms with van der Waals surface area (Å²) in [5, 5.41) is 12.2. The summed E-state index contributed by atoms with van der Waals surface area (Å²) in [6.45, 7) is 0. The quantitative estimate of drug-likeness (QED) is 0.800. The molecule has 0 bridgehead atoms. The number of hydrogen-bond acceptors (Lipinski definition) is 3. The zero-order valence-electron chi connectivity index (χ0n) is 8.31. The summed E-state index contributed by atoms with van der Waals surface area (Å²) in [6.07, 6.45) is -0.879. The number of benzene rings is 1. The number of nitrogens with one attached hydrogen (secondary N) is 1. The van der Waals surface area contributed by atoms with Crippen molar-refractivity contribution >= 4 is 27.7 Å². The van der Waals surface area contributed by atoms with Gasteiger partial charge in [0.15, 0.2) is 0 Å². The van der Waals surface area contributed by atoms with Crippen LogP contribution < -0.4 is 5.32 Å². The van der Waals surface area contributed by atoms with Gasteiger partial charge in [0.1, 0.15) is 0 Å². The minimum absolute atomic E-state index is 0.0517. The molecule has 1 fully saturated rings. The van der Waals surface area contributed by atoms with E-state index in [2.05, 4.69) is 21.2 Å². The molecule has 0 aromatic heterocycles. The van der Waals surface area contributed by atoms with Crippen LogP contribution in [0.4, 0.5) is 0 Å². The molecule has 1 saturated heterocycles. The van der Waals surface area contributed by atoms with E-state index in [0.29, 0.717) is 5.56 Å². The summed E-state index contributed by atoms with van der Waals surface area (Å²) in [7, 11) is 0. The zero-order valence-corrected chi connectivity index (χ0v) is 9.90. The Kier molecular flexibility index (Phi) is 3.07. The molecule has 5 heteroatoms. The Morgan fingerprint density at radius 3 is 2.44 bits per heavy atom. The third kappa shape index (κ3) is 2.15. The summed E-state index contributed by atoms with van der Waals surface area (Å²) in [5.41, 5.74) is 0.637. The van der Waals surface area contributed by atoms with E-state index in [-0.39, 0.29) is 12.3 Å². The first kappa shape index (κ1) is 11.3. The van der Waals surface area contributed by atoms with Crippen LogP contribution in [0.25, 0.3) is 0 Å². The van der Waals surface area contributed by atoms with Crippen molar-refractivity contribution in [2.24, 2.45) is 5.92 Å². The molecular formula is C11H10BrNO3. The normalized spacial score (nSPS) is 22.0. The average Bonchev–Trinajstić information content (AvgIpc) is 2.58. The van der Waals surface area contributed by atoms with Crippen LogP contribution in [-0.2, 0) is 9.59 Å². The van der Waals surface area contributed by atoms with Gasteiger partial charge in [0, 0.05) is 10.9 Å². The number of aliphatic hydroxyl groups is 1. The molecule has 1 aromatic carbocycles. The number of carbonyl (C=O) groups excluding carboxylic acids is 2. The van der Waals surface area contributed by atoms with Gasteiger partial charge >= 0.3 is 0 Å². The Morgan fingerprint density at radius 1 is 1.31 bits per heavy atom. The minimum atomic E-state index is -0.931. The summed E-state index contributed by atoms with van der Waals surface area (Å²) in [6, 6.07) is 7.02. The van der Waals surface area contributed by atoms with Gasteiger partial charge in [-0.05, 0) is 17.7 Å². The van der Waals surface area contributed by atoms with E-state index in [1.54, 1.807) is 24.3 Å². The second kappa shape index (κ2) is 4.35. The number of halogens is 1. The molecule has 2 rings (SSSR count). The highest BCUT2D eigenvalue weighted by molar-refractivity contribution is 9.10. The van der Waals surface area contributed by atoms with Gasteiger partial charge in [0.2, 0.25) is 11.8 Å². The lowest BCUT2D eigenvalue weighted by atomic mass is 9.94. The number of imide groups is 1. The predicted molar refractivity (Wildman–Crippen MR) is 60.4 cm³/mol. The third-order valence-electron chi connectivity index (χ3n) is 2.60. The lowest BCUT2D eigenvalue weighted by Gasteiger charge is -2.15. The maximum absolute atomic E-state index is 11.4. The lowest BCUT2D eigenvalue weighted by molar-refractivity contribution is -0.127. The first-order valence-corrected chi connectivity index (χ1v) is 5.64. The molecule has 0 radical (unpaired) electrons. The molecule has 0 unspecified atom stereocenters. The van der Waals surface area contributed by atoms with Crippen LogP contribution in [0.15, 0.2) is 28.7 Å². The van der Waals surface area contributed by atoms with Crippen molar-refractivity contribution in [1.82, 2.24) is 5.32 Å². The van der Waals surface area contributed by atoms with E-state index < -0.39 is 17.9 Å². The largest absolute Gasteiger partial charge is 0.388 e. The fourth-order valence-corrected chi connectivity index (χ4v) is 1.99. The zero-order chi connectivity index (χ0) is 11.7. The maximum Gasteiger partial charge on any atom is 0.233 e. The van der Waals surface area contributed by atoms with E-state index in [1.807, 2.05) is 0 Å². The Hall–Kier alpha value is -1.20. The average molecular weight is 284 g/mol. The van der Waals surface area contributed by atoms with Crippen LogP contribution >= 0.6 is 15.9 Å². The highest BCUT2D eigenvalue weighted by Gasteiger charge is 2.36. The van der Waals surface area contributed by atoms with E-state index in [0.717, 1.165) is 4.47 Å². The van der Waals surface area contributed by atoms with E-state index in [9.17, 15) is 14.7 Å². The summed E-state index contributed by atoms with van der Waals surface area (Å²) >= 11 is 3.28. The van der Waals surface area contributed by atoms with Gasteiger partial charge in [0.05, 0.1) is 12.0 Å². The molecule has 4 nitrogen and oxygen atoms in total. The van der Waals surface area contributed by atoms with Gasteiger partial charge in [-0.15, -0.1) is 0 Å². The number of rotatable bonds is 2. The highest BCUT2D eigenvalue weighted by Crippen LogP contribution is 2.28. The van der Waals surface area contributed by atoms with Crippen molar-refractivity contribution in [3.8, 4) is 0 Å². The Bertz CT molecular complexity index is 429. The van der Waals surface area contributed by atoms with Crippen LogP contribution in [0, 0.1) is 5.92 Å². The monoisotopic (exact) mass is 283 g/mol.